The number of rotatable bonds is 8. The summed E-state index contributed by atoms with van der Waals surface area (Å²) in [6.45, 7) is 11.2. The third-order valence-electron chi connectivity index (χ3n) is 6.30. The molecule has 1 aromatic rings. The van der Waals surface area contributed by atoms with Gasteiger partial charge in [-0.1, -0.05) is 19.1 Å². The van der Waals surface area contributed by atoms with Gasteiger partial charge in [-0.15, -0.1) is 0 Å². The van der Waals surface area contributed by atoms with Crippen LogP contribution in [-0.4, -0.2) is 68.8 Å². The van der Waals surface area contributed by atoms with Crippen molar-refractivity contribution in [2.24, 2.45) is 4.99 Å². The highest BCUT2D eigenvalue weighted by atomic mass is 16.5. The molecule has 2 aliphatic heterocycles. The lowest BCUT2D eigenvalue weighted by Crippen LogP contribution is -2.46. The minimum absolute atomic E-state index is 0.0365. The Balaban J connectivity index is 1.72. The number of amides is 1. The zero-order chi connectivity index (χ0) is 22.1. The molecule has 172 valence electrons. The average molecular weight is 431 g/mol. The Hall–Kier alpha value is -2.28. The largest absolute Gasteiger partial charge is 0.494 e. The molecule has 0 saturated carbocycles. The van der Waals surface area contributed by atoms with Crippen LogP contribution in [0.3, 0.4) is 0 Å². The lowest BCUT2D eigenvalue weighted by molar-refractivity contribution is -0.129. The van der Waals surface area contributed by atoms with Gasteiger partial charge in [0.05, 0.1) is 13.2 Å². The molecule has 1 amide bonds. The summed E-state index contributed by atoms with van der Waals surface area (Å²) in [5.41, 5.74) is 1.25. The first-order valence-electron chi connectivity index (χ1n) is 11.7. The monoisotopic (exact) mass is 430 g/mol. The van der Waals surface area contributed by atoms with E-state index in [1.165, 1.54) is 5.56 Å². The van der Waals surface area contributed by atoms with Crippen molar-refractivity contribution in [3.8, 4) is 5.75 Å². The number of hydrogen-bond donors (Lipinski definition) is 2. The molecule has 1 aromatic carbocycles. The summed E-state index contributed by atoms with van der Waals surface area (Å²) < 4.78 is 11.3. The number of nitrogens with one attached hydrogen (secondary N) is 2. The summed E-state index contributed by atoms with van der Waals surface area (Å²) in [6.07, 6.45) is 3.42. The van der Waals surface area contributed by atoms with Gasteiger partial charge in [0.2, 0.25) is 5.91 Å². The van der Waals surface area contributed by atoms with Crippen LogP contribution < -0.4 is 15.4 Å². The zero-order valence-corrected chi connectivity index (χ0v) is 19.3. The number of benzene rings is 1. The van der Waals surface area contributed by atoms with E-state index < -0.39 is 0 Å². The second kappa shape index (κ2) is 11.4. The fourth-order valence-electron chi connectivity index (χ4n) is 4.44. The number of carbonyl (C=O) groups is 1. The first-order valence-corrected chi connectivity index (χ1v) is 11.7. The number of carbonyl (C=O) groups excluding carboxylic acids is 1. The van der Waals surface area contributed by atoms with Gasteiger partial charge in [0.25, 0.3) is 0 Å². The van der Waals surface area contributed by atoms with E-state index in [0.717, 1.165) is 63.8 Å². The van der Waals surface area contributed by atoms with E-state index in [2.05, 4.69) is 41.8 Å². The second-order valence-corrected chi connectivity index (χ2v) is 8.37. The molecule has 2 N–H and O–H groups in total. The molecule has 0 aliphatic carbocycles. The van der Waals surface area contributed by atoms with Crippen LogP contribution in [0, 0.1) is 0 Å². The predicted molar refractivity (Wildman–Crippen MR) is 124 cm³/mol. The maximum Gasteiger partial charge on any atom is 0.222 e. The van der Waals surface area contributed by atoms with Gasteiger partial charge in [-0.3, -0.25) is 9.79 Å². The van der Waals surface area contributed by atoms with Crippen molar-refractivity contribution in [2.45, 2.75) is 57.9 Å². The Morgan fingerprint density at radius 2 is 1.97 bits per heavy atom. The zero-order valence-electron chi connectivity index (χ0n) is 19.3. The number of hydrogen-bond acceptors (Lipinski definition) is 4. The van der Waals surface area contributed by atoms with Crippen molar-refractivity contribution in [2.75, 3.05) is 46.0 Å². The smallest absolute Gasteiger partial charge is 0.222 e. The van der Waals surface area contributed by atoms with Crippen molar-refractivity contribution in [3.63, 3.8) is 0 Å². The summed E-state index contributed by atoms with van der Waals surface area (Å²) in [6, 6.07) is 8.71. The van der Waals surface area contributed by atoms with Crippen molar-refractivity contribution in [1.82, 2.24) is 15.5 Å². The number of ether oxygens (including phenoxy) is 2. The predicted octanol–water partition coefficient (Wildman–Crippen LogP) is 2.70. The van der Waals surface area contributed by atoms with Gasteiger partial charge < -0.3 is 25.0 Å². The van der Waals surface area contributed by atoms with Gasteiger partial charge in [0.15, 0.2) is 5.96 Å². The van der Waals surface area contributed by atoms with Gasteiger partial charge in [0, 0.05) is 50.7 Å². The van der Waals surface area contributed by atoms with Crippen LogP contribution in [0.2, 0.25) is 0 Å². The summed E-state index contributed by atoms with van der Waals surface area (Å²) >= 11 is 0. The van der Waals surface area contributed by atoms with Crippen LogP contribution in [0.1, 0.15) is 52.0 Å². The highest BCUT2D eigenvalue weighted by molar-refractivity contribution is 5.80. The Kier molecular flexibility index (Phi) is 8.58. The molecule has 2 aliphatic rings. The maximum atomic E-state index is 12.0. The Morgan fingerprint density at radius 3 is 2.61 bits per heavy atom. The van der Waals surface area contributed by atoms with Gasteiger partial charge in [0.1, 0.15) is 5.75 Å². The SMILES string of the molecule is CCNC(=NCC1(c2ccc(OCC)cc2)CCOCC1)NC1CCN(C(=O)CC)C1. The van der Waals surface area contributed by atoms with Gasteiger partial charge in [-0.2, -0.15) is 0 Å². The van der Waals surface area contributed by atoms with Gasteiger partial charge in [-0.05, 0) is 50.8 Å². The van der Waals surface area contributed by atoms with E-state index in [1.807, 2.05) is 18.7 Å². The molecule has 0 radical (unpaired) electrons. The van der Waals surface area contributed by atoms with Crippen molar-refractivity contribution in [3.05, 3.63) is 29.8 Å². The number of aliphatic imine (C=N–C) groups is 1. The van der Waals surface area contributed by atoms with E-state index in [4.69, 9.17) is 14.5 Å². The Labute approximate surface area is 186 Å². The lowest BCUT2D eigenvalue weighted by atomic mass is 9.74. The van der Waals surface area contributed by atoms with Crippen LogP contribution in [0.5, 0.6) is 5.75 Å². The second-order valence-electron chi connectivity index (χ2n) is 8.37. The molecule has 0 bridgehead atoms. The Bertz CT molecular complexity index is 729. The molecule has 3 rings (SSSR count). The third-order valence-corrected chi connectivity index (χ3v) is 6.30. The molecule has 31 heavy (non-hydrogen) atoms. The first kappa shape index (κ1) is 23.4. The van der Waals surface area contributed by atoms with E-state index in [1.54, 1.807) is 0 Å². The molecular weight excluding hydrogens is 392 g/mol. The van der Waals surface area contributed by atoms with Crippen molar-refractivity contribution >= 4 is 11.9 Å². The summed E-state index contributed by atoms with van der Waals surface area (Å²) in [4.78, 5) is 18.9. The van der Waals surface area contributed by atoms with E-state index >= 15 is 0 Å². The minimum Gasteiger partial charge on any atom is -0.494 e. The molecule has 2 saturated heterocycles. The van der Waals surface area contributed by atoms with Crippen LogP contribution >= 0.6 is 0 Å². The highest BCUT2D eigenvalue weighted by Crippen LogP contribution is 2.36. The van der Waals surface area contributed by atoms with Crippen molar-refractivity contribution in [1.29, 1.82) is 0 Å². The van der Waals surface area contributed by atoms with Crippen molar-refractivity contribution < 1.29 is 14.3 Å². The molecule has 0 spiro atoms. The number of likely N-dealkylation sites (tertiary alicyclic amines) is 1. The molecule has 2 fully saturated rings. The quantitative estimate of drug-likeness (QED) is 0.490. The summed E-state index contributed by atoms with van der Waals surface area (Å²) in [5.74, 6) is 1.96. The van der Waals surface area contributed by atoms with Crippen LogP contribution in [-0.2, 0) is 14.9 Å². The molecule has 1 atom stereocenters. The van der Waals surface area contributed by atoms with Crippen LogP contribution in [0.15, 0.2) is 29.3 Å². The normalized spacial score (nSPS) is 21.1. The molecule has 7 nitrogen and oxygen atoms in total. The molecule has 0 aromatic heterocycles. The Morgan fingerprint density at radius 1 is 1.23 bits per heavy atom. The highest BCUT2D eigenvalue weighted by Gasteiger charge is 2.35. The fourth-order valence-corrected chi connectivity index (χ4v) is 4.44. The van der Waals surface area contributed by atoms with Gasteiger partial charge in [-0.25, -0.2) is 0 Å². The first-order chi connectivity index (χ1) is 15.1. The number of guanidine groups is 1. The van der Waals surface area contributed by atoms with E-state index in [-0.39, 0.29) is 17.4 Å². The molecule has 7 heteroatoms. The van der Waals surface area contributed by atoms with E-state index in [0.29, 0.717) is 19.6 Å². The number of nitrogens with zero attached hydrogens (tertiary/aromatic N) is 2. The van der Waals surface area contributed by atoms with E-state index in [9.17, 15) is 4.79 Å². The lowest BCUT2D eigenvalue weighted by Gasteiger charge is -2.37. The van der Waals surface area contributed by atoms with Crippen LogP contribution in [0.4, 0.5) is 0 Å². The molecular formula is C24H38N4O3. The summed E-state index contributed by atoms with van der Waals surface area (Å²) in [7, 11) is 0. The maximum absolute atomic E-state index is 12.0. The van der Waals surface area contributed by atoms with Crippen LogP contribution in [0.25, 0.3) is 0 Å². The third kappa shape index (κ3) is 6.12. The van der Waals surface area contributed by atoms with Gasteiger partial charge >= 0.3 is 0 Å². The summed E-state index contributed by atoms with van der Waals surface area (Å²) in [5, 5.41) is 6.94. The average Bonchev–Trinajstić information content (AvgIpc) is 3.27. The fraction of sp³-hybridized carbons (Fsp3) is 0.667. The molecule has 1 unspecified atom stereocenters. The topological polar surface area (TPSA) is 75.2 Å². The standard InChI is InChI=1S/C24H38N4O3/c1-4-22(29)28-14-11-20(17-28)27-23(25-5-2)26-18-24(12-15-30-16-13-24)19-7-9-21(10-8-19)31-6-3/h7-10,20H,4-6,11-18H2,1-3H3,(H2,25,26,27). The minimum atomic E-state index is -0.0365. The molecule has 2 heterocycles.